The van der Waals surface area contributed by atoms with Crippen molar-refractivity contribution in [1.29, 1.82) is 10.5 Å². The second kappa shape index (κ2) is 14.6. The van der Waals surface area contributed by atoms with Crippen molar-refractivity contribution >= 4 is 55.1 Å². The van der Waals surface area contributed by atoms with Crippen LogP contribution in [-0.4, -0.2) is 35.1 Å². The van der Waals surface area contributed by atoms with Crippen LogP contribution in [-0.2, 0) is 10.8 Å². The van der Waals surface area contributed by atoms with E-state index in [9.17, 15) is 14.7 Å². The van der Waals surface area contributed by atoms with Crippen molar-refractivity contribution in [3.05, 3.63) is 65.1 Å². The fraction of sp³-hybridized carbons (Fsp3) is 0.296. The third-order valence-corrected chi connectivity index (χ3v) is 7.45. The van der Waals surface area contributed by atoms with Gasteiger partial charge in [0.25, 0.3) is 0 Å². The average molecular weight is 560 g/mol. The molecule has 0 amide bonds. The lowest BCUT2D eigenvalue weighted by atomic mass is 10.1. The second-order valence-corrected chi connectivity index (χ2v) is 10.9. The topological polar surface area (TPSA) is 142 Å². The number of hydrogen-bond donors (Lipinski definition) is 1. The van der Waals surface area contributed by atoms with Crippen molar-refractivity contribution in [2.75, 3.05) is 36.1 Å². The standard InChI is InChI=1S/C27H29N9OS2/c1-5-7-13-30-25-24(19(3)22(18-29)26(31-25)36(4)14-15-39(37)6-2)34-35-27-20(17-28)16-23(38-27)33-32-21-11-9-8-10-12-21/h6,8-12,16H,2,5,7,13-15H2,1,3-4H3,(H,30,31). The summed E-state index contributed by atoms with van der Waals surface area (Å²) in [5.41, 5.74) is 2.38. The Bertz CT molecular complexity index is 1470. The third kappa shape index (κ3) is 7.87. The molecule has 0 aliphatic heterocycles. The number of azo groups is 2. The quantitative estimate of drug-likeness (QED) is 0.169. The first-order chi connectivity index (χ1) is 18.9. The molecule has 10 nitrogen and oxygen atoms in total. The molecular formula is C27H29N9OS2. The lowest BCUT2D eigenvalue weighted by Gasteiger charge is -2.22. The van der Waals surface area contributed by atoms with Gasteiger partial charge in [-0.2, -0.15) is 10.5 Å². The van der Waals surface area contributed by atoms with Crippen LogP contribution in [0.3, 0.4) is 0 Å². The summed E-state index contributed by atoms with van der Waals surface area (Å²) >= 11 is 1.19. The number of thiophene rings is 1. The normalized spacial score (nSPS) is 11.8. The van der Waals surface area contributed by atoms with Crippen LogP contribution in [0.5, 0.6) is 0 Å². The molecule has 0 bridgehead atoms. The lowest BCUT2D eigenvalue weighted by Crippen LogP contribution is -2.25. The summed E-state index contributed by atoms with van der Waals surface area (Å²) in [4.78, 5) is 6.52. The first kappa shape index (κ1) is 29.3. The van der Waals surface area contributed by atoms with Crippen molar-refractivity contribution in [2.24, 2.45) is 20.5 Å². The van der Waals surface area contributed by atoms with E-state index in [1.54, 1.807) is 24.9 Å². The van der Waals surface area contributed by atoms with Crippen molar-refractivity contribution in [3.8, 4) is 12.1 Å². The lowest BCUT2D eigenvalue weighted by molar-refractivity contribution is 0.687. The molecule has 3 aromatic rings. The summed E-state index contributed by atoms with van der Waals surface area (Å²) < 4.78 is 11.9. The Balaban J connectivity index is 1.99. The fourth-order valence-electron chi connectivity index (χ4n) is 3.40. The molecule has 2 heterocycles. The van der Waals surface area contributed by atoms with Crippen LogP contribution in [0.15, 0.2) is 68.8 Å². The number of nitriles is 2. The van der Waals surface area contributed by atoms with E-state index >= 15 is 0 Å². The van der Waals surface area contributed by atoms with Crippen LogP contribution in [0.4, 0.5) is 33.0 Å². The number of rotatable bonds is 13. The minimum atomic E-state index is -1.17. The molecule has 0 aliphatic rings. The smallest absolute Gasteiger partial charge is 0.158 e. The van der Waals surface area contributed by atoms with Crippen molar-refractivity contribution in [3.63, 3.8) is 0 Å². The minimum Gasteiger partial charge on any atom is -0.368 e. The van der Waals surface area contributed by atoms with E-state index in [1.165, 1.54) is 16.7 Å². The highest BCUT2D eigenvalue weighted by Crippen LogP contribution is 2.40. The molecule has 0 radical (unpaired) electrons. The Morgan fingerprint density at radius 2 is 1.95 bits per heavy atom. The van der Waals surface area contributed by atoms with E-state index in [0.717, 1.165) is 12.8 Å². The number of hydrogen-bond acceptors (Lipinski definition) is 11. The first-order valence-electron chi connectivity index (χ1n) is 12.2. The Hall–Kier alpha value is -4.26. The van der Waals surface area contributed by atoms with Gasteiger partial charge in [-0.15, -0.1) is 20.5 Å². The zero-order valence-corrected chi connectivity index (χ0v) is 23.7. The van der Waals surface area contributed by atoms with Crippen LogP contribution < -0.4 is 10.2 Å². The zero-order valence-electron chi connectivity index (χ0n) is 22.1. The molecule has 0 spiro atoms. The van der Waals surface area contributed by atoms with E-state index in [0.29, 0.717) is 68.5 Å². The summed E-state index contributed by atoms with van der Waals surface area (Å²) in [7, 11) is 0.635. The van der Waals surface area contributed by atoms with Gasteiger partial charge in [0.1, 0.15) is 28.6 Å². The molecule has 12 heteroatoms. The van der Waals surface area contributed by atoms with Crippen LogP contribution in [0.2, 0.25) is 0 Å². The van der Waals surface area contributed by atoms with Crippen LogP contribution >= 0.6 is 11.3 Å². The molecule has 3 rings (SSSR count). The molecule has 39 heavy (non-hydrogen) atoms. The summed E-state index contributed by atoms with van der Waals surface area (Å²) in [6, 6.07) is 15.3. The van der Waals surface area contributed by atoms with Gasteiger partial charge in [-0.3, -0.25) is 4.21 Å². The van der Waals surface area contributed by atoms with Crippen molar-refractivity contribution in [2.45, 2.75) is 26.7 Å². The summed E-state index contributed by atoms with van der Waals surface area (Å²) in [5.74, 6) is 1.31. The monoisotopic (exact) mass is 559 g/mol. The van der Waals surface area contributed by atoms with Crippen LogP contribution in [0.25, 0.3) is 0 Å². The van der Waals surface area contributed by atoms with E-state index in [-0.39, 0.29) is 0 Å². The molecule has 0 saturated heterocycles. The number of nitrogens with one attached hydrogen (secondary N) is 1. The van der Waals surface area contributed by atoms with Crippen LogP contribution in [0.1, 0.15) is 36.5 Å². The van der Waals surface area contributed by atoms with Gasteiger partial charge in [-0.1, -0.05) is 49.5 Å². The van der Waals surface area contributed by atoms with Gasteiger partial charge in [-0.25, -0.2) is 4.98 Å². The largest absolute Gasteiger partial charge is 0.368 e. The predicted octanol–water partition coefficient (Wildman–Crippen LogP) is 7.57. The van der Waals surface area contributed by atoms with Gasteiger partial charge in [0, 0.05) is 42.3 Å². The van der Waals surface area contributed by atoms with Gasteiger partial charge in [0.15, 0.2) is 10.8 Å². The molecule has 1 unspecified atom stereocenters. The molecule has 200 valence electrons. The maximum Gasteiger partial charge on any atom is 0.158 e. The van der Waals surface area contributed by atoms with Gasteiger partial charge in [0.2, 0.25) is 0 Å². The Kier molecular flexibility index (Phi) is 11.0. The number of nitrogens with zero attached hydrogens (tertiary/aromatic N) is 8. The number of anilines is 2. The van der Waals surface area contributed by atoms with E-state index in [4.69, 9.17) is 4.98 Å². The SMILES string of the molecule is C=CS(=O)CCN(C)c1nc(NCCCC)c(N=Nc2sc(N=Nc3ccccc3)cc2C#N)c(C)c1C#N. The highest BCUT2D eigenvalue weighted by Gasteiger charge is 2.20. The number of pyridine rings is 1. The number of aromatic nitrogens is 1. The molecular weight excluding hydrogens is 530 g/mol. The molecule has 1 atom stereocenters. The number of benzene rings is 1. The molecule has 1 aromatic carbocycles. The van der Waals surface area contributed by atoms with Gasteiger partial charge >= 0.3 is 0 Å². The zero-order chi connectivity index (χ0) is 28.2. The van der Waals surface area contributed by atoms with Crippen molar-refractivity contribution < 1.29 is 4.21 Å². The number of unbranched alkanes of at least 4 members (excludes halogenated alkanes) is 1. The minimum absolute atomic E-state index is 0.323. The maximum absolute atomic E-state index is 11.9. The van der Waals surface area contributed by atoms with Gasteiger partial charge in [0.05, 0.1) is 16.8 Å². The van der Waals surface area contributed by atoms with Crippen molar-refractivity contribution in [1.82, 2.24) is 4.98 Å². The highest BCUT2D eigenvalue weighted by atomic mass is 32.2. The average Bonchev–Trinajstić information content (AvgIpc) is 3.36. The maximum atomic E-state index is 11.9. The third-order valence-electron chi connectivity index (χ3n) is 5.59. The fourth-order valence-corrected chi connectivity index (χ4v) is 4.78. The second-order valence-electron chi connectivity index (χ2n) is 8.35. The predicted molar refractivity (Wildman–Crippen MR) is 157 cm³/mol. The summed E-state index contributed by atoms with van der Waals surface area (Å²) in [6.45, 7) is 8.53. The van der Waals surface area contributed by atoms with Crippen LogP contribution in [0, 0.1) is 29.6 Å². The molecule has 2 aromatic heterocycles. The molecule has 0 aliphatic carbocycles. The molecule has 0 fully saturated rings. The van der Waals surface area contributed by atoms with E-state index < -0.39 is 10.8 Å². The van der Waals surface area contributed by atoms with Gasteiger partial charge < -0.3 is 10.2 Å². The Labute approximate surface area is 234 Å². The van der Waals surface area contributed by atoms with E-state index in [1.807, 2.05) is 30.3 Å². The van der Waals surface area contributed by atoms with E-state index in [2.05, 4.69) is 51.4 Å². The van der Waals surface area contributed by atoms with Gasteiger partial charge in [-0.05, 0) is 37.0 Å². The Morgan fingerprint density at radius 1 is 1.18 bits per heavy atom. The first-order valence-corrected chi connectivity index (χ1v) is 14.4. The Morgan fingerprint density at radius 3 is 2.62 bits per heavy atom. The highest BCUT2D eigenvalue weighted by molar-refractivity contribution is 7.87. The summed E-state index contributed by atoms with van der Waals surface area (Å²) in [6.07, 6.45) is 1.90. The molecule has 1 N–H and O–H groups in total. The molecule has 0 saturated carbocycles. The summed E-state index contributed by atoms with van der Waals surface area (Å²) in [5, 5.41) is 42.5.